The van der Waals surface area contributed by atoms with E-state index in [0.29, 0.717) is 27.5 Å². The molecule has 2 aromatic carbocycles. The van der Waals surface area contributed by atoms with Crippen LogP contribution < -0.4 is 15.8 Å². The Hall–Kier alpha value is -2.55. The number of anilines is 1. The first-order valence-electron chi connectivity index (χ1n) is 9.26. The van der Waals surface area contributed by atoms with Gasteiger partial charge in [-0.15, -0.1) is 23.5 Å². The third-order valence-electron chi connectivity index (χ3n) is 5.13. The second-order valence-electron chi connectivity index (χ2n) is 6.91. The SMILES string of the molecule is O=C1NNC(Cc2cccc(N3C(=O)C4=C(SCCS4)C3=O)c2)c2ccccc21. The maximum Gasteiger partial charge on any atom is 0.273 e. The summed E-state index contributed by atoms with van der Waals surface area (Å²) in [6.07, 6.45) is 0.609. The lowest BCUT2D eigenvalue weighted by Gasteiger charge is -2.27. The smallest absolute Gasteiger partial charge is 0.273 e. The fraction of sp³-hybridized carbons (Fsp3) is 0.190. The van der Waals surface area contributed by atoms with Crippen molar-refractivity contribution in [1.82, 2.24) is 10.9 Å². The molecule has 3 aliphatic rings. The van der Waals surface area contributed by atoms with Gasteiger partial charge < -0.3 is 0 Å². The van der Waals surface area contributed by atoms with Crippen molar-refractivity contribution in [2.75, 3.05) is 16.4 Å². The zero-order valence-corrected chi connectivity index (χ0v) is 16.9. The second-order valence-corrected chi connectivity index (χ2v) is 9.12. The molecule has 2 aromatic rings. The van der Waals surface area contributed by atoms with Crippen LogP contribution in [-0.2, 0) is 16.0 Å². The van der Waals surface area contributed by atoms with Crippen LogP contribution in [0.3, 0.4) is 0 Å². The monoisotopic (exact) mass is 423 g/mol. The van der Waals surface area contributed by atoms with Crippen molar-refractivity contribution in [3.63, 3.8) is 0 Å². The summed E-state index contributed by atoms with van der Waals surface area (Å²) in [6.45, 7) is 0. The largest absolute Gasteiger partial charge is 0.287 e. The zero-order valence-electron chi connectivity index (χ0n) is 15.3. The molecule has 146 valence electrons. The average Bonchev–Trinajstić information content (AvgIpc) is 3.01. The molecule has 3 aliphatic heterocycles. The van der Waals surface area contributed by atoms with Gasteiger partial charge in [-0.1, -0.05) is 30.3 Å². The molecule has 0 saturated heterocycles. The van der Waals surface area contributed by atoms with Crippen LogP contribution in [0.4, 0.5) is 5.69 Å². The van der Waals surface area contributed by atoms with Gasteiger partial charge in [-0.3, -0.25) is 19.8 Å². The van der Waals surface area contributed by atoms with Gasteiger partial charge in [0.05, 0.1) is 21.5 Å². The number of rotatable bonds is 3. The molecule has 8 heteroatoms. The Labute approximate surface area is 176 Å². The van der Waals surface area contributed by atoms with E-state index in [9.17, 15) is 14.4 Å². The van der Waals surface area contributed by atoms with Crippen LogP contribution in [0.1, 0.15) is 27.5 Å². The summed E-state index contributed by atoms with van der Waals surface area (Å²) in [5, 5.41) is 0. The summed E-state index contributed by atoms with van der Waals surface area (Å²) in [5.41, 5.74) is 8.91. The number of nitrogens with one attached hydrogen (secondary N) is 2. The van der Waals surface area contributed by atoms with Crippen LogP contribution >= 0.6 is 23.5 Å². The van der Waals surface area contributed by atoms with E-state index in [1.165, 1.54) is 28.4 Å². The number of fused-ring (bicyclic) bond motifs is 1. The summed E-state index contributed by atoms with van der Waals surface area (Å²) in [6, 6.07) is 14.9. The van der Waals surface area contributed by atoms with Gasteiger partial charge in [-0.25, -0.2) is 10.3 Å². The molecule has 29 heavy (non-hydrogen) atoms. The summed E-state index contributed by atoms with van der Waals surface area (Å²) in [5.74, 6) is 1.08. The minimum absolute atomic E-state index is 0.0958. The molecule has 0 fully saturated rings. The molecule has 0 aromatic heterocycles. The summed E-state index contributed by atoms with van der Waals surface area (Å²) < 4.78 is 0. The first kappa shape index (κ1) is 18.5. The van der Waals surface area contributed by atoms with E-state index in [-0.39, 0.29) is 23.8 Å². The standard InChI is InChI=1S/C21H17N3O3S2/c25-19-15-7-2-1-6-14(15)16(22-23-19)11-12-4-3-5-13(10-12)24-20(26)17-18(21(24)27)29-9-8-28-17/h1-7,10,16,22H,8-9,11H2,(H,23,25). The Morgan fingerprint density at radius 1 is 0.931 bits per heavy atom. The van der Waals surface area contributed by atoms with Crippen molar-refractivity contribution in [1.29, 1.82) is 0 Å². The third-order valence-corrected chi connectivity index (χ3v) is 7.67. The Morgan fingerprint density at radius 2 is 1.66 bits per heavy atom. The molecule has 1 atom stereocenters. The van der Waals surface area contributed by atoms with Crippen molar-refractivity contribution < 1.29 is 14.4 Å². The van der Waals surface area contributed by atoms with Gasteiger partial charge in [0.1, 0.15) is 0 Å². The van der Waals surface area contributed by atoms with E-state index in [1.54, 1.807) is 6.07 Å². The number of hydrogen-bond donors (Lipinski definition) is 2. The van der Waals surface area contributed by atoms with Crippen LogP contribution in [-0.4, -0.2) is 29.2 Å². The lowest BCUT2D eigenvalue weighted by Crippen LogP contribution is -2.46. The highest BCUT2D eigenvalue weighted by Gasteiger charge is 2.41. The third kappa shape index (κ3) is 3.17. The summed E-state index contributed by atoms with van der Waals surface area (Å²) >= 11 is 2.93. The van der Waals surface area contributed by atoms with Gasteiger partial charge in [0.2, 0.25) is 0 Å². The fourth-order valence-electron chi connectivity index (χ4n) is 3.79. The molecule has 6 nitrogen and oxygen atoms in total. The molecular formula is C21H17N3O3S2. The van der Waals surface area contributed by atoms with E-state index < -0.39 is 0 Å². The lowest BCUT2D eigenvalue weighted by molar-refractivity contribution is -0.120. The number of carbonyl (C=O) groups excluding carboxylic acids is 3. The van der Waals surface area contributed by atoms with Crippen LogP contribution in [0.15, 0.2) is 58.3 Å². The number of nitrogens with zero attached hydrogens (tertiary/aromatic N) is 1. The minimum atomic E-state index is -0.229. The molecular weight excluding hydrogens is 406 g/mol. The van der Waals surface area contributed by atoms with Crippen LogP contribution in [0.5, 0.6) is 0 Å². The van der Waals surface area contributed by atoms with Gasteiger partial charge in [0.15, 0.2) is 0 Å². The van der Waals surface area contributed by atoms with E-state index in [0.717, 1.165) is 22.6 Å². The maximum absolute atomic E-state index is 12.8. The van der Waals surface area contributed by atoms with Gasteiger partial charge in [0.25, 0.3) is 17.7 Å². The molecule has 0 spiro atoms. The normalized spacial score (nSPS) is 21.2. The molecule has 5 rings (SSSR count). The van der Waals surface area contributed by atoms with Crippen molar-refractivity contribution in [2.24, 2.45) is 0 Å². The highest BCUT2D eigenvalue weighted by Crippen LogP contribution is 2.42. The first-order chi connectivity index (χ1) is 14.1. The molecule has 3 amide bonds. The number of amides is 3. The molecule has 3 heterocycles. The Morgan fingerprint density at radius 3 is 2.41 bits per heavy atom. The fourth-order valence-corrected chi connectivity index (χ4v) is 6.09. The van der Waals surface area contributed by atoms with Crippen molar-refractivity contribution >= 4 is 46.9 Å². The number of carbonyl (C=O) groups is 3. The predicted octanol–water partition coefficient (Wildman–Crippen LogP) is 2.78. The van der Waals surface area contributed by atoms with Crippen LogP contribution in [0.2, 0.25) is 0 Å². The van der Waals surface area contributed by atoms with Crippen molar-refractivity contribution in [3.8, 4) is 0 Å². The summed E-state index contributed by atoms with van der Waals surface area (Å²) in [4.78, 5) is 40.1. The van der Waals surface area contributed by atoms with E-state index in [1.807, 2.05) is 42.5 Å². The Bertz CT molecular complexity index is 1050. The lowest BCUT2D eigenvalue weighted by atomic mass is 9.93. The second kappa shape index (κ2) is 7.37. The number of hydrazine groups is 1. The molecule has 0 bridgehead atoms. The summed E-state index contributed by atoms with van der Waals surface area (Å²) in [7, 11) is 0. The van der Waals surface area contributed by atoms with Crippen LogP contribution in [0, 0.1) is 0 Å². The highest BCUT2D eigenvalue weighted by molar-refractivity contribution is 8.11. The van der Waals surface area contributed by atoms with E-state index in [4.69, 9.17) is 0 Å². The van der Waals surface area contributed by atoms with E-state index in [2.05, 4.69) is 10.9 Å². The Kier molecular flexibility index (Phi) is 4.69. The van der Waals surface area contributed by atoms with E-state index >= 15 is 0 Å². The number of imide groups is 1. The van der Waals surface area contributed by atoms with Gasteiger partial charge in [0, 0.05) is 17.1 Å². The number of thioether (sulfide) groups is 2. The highest BCUT2D eigenvalue weighted by atomic mass is 32.2. The maximum atomic E-state index is 12.8. The number of hydrogen-bond acceptors (Lipinski definition) is 6. The molecule has 1 unspecified atom stereocenters. The minimum Gasteiger partial charge on any atom is -0.287 e. The molecule has 2 N–H and O–H groups in total. The molecule has 0 aliphatic carbocycles. The van der Waals surface area contributed by atoms with Gasteiger partial charge >= 0.3 is 0 Å². The average molecular weight is 424 g/mol. The van der Waals surface area contributed by atoms with Gasteiger partial charge in [-0.05, 0) is 35.7 Å². The topological polar surface area (TPSA) is 78.5 Å². The Balaban J connectivity index is 1.42. The van der Waals surface area contributed by atoms with Crippen LogP contribution in [0.25, 0.3) is 0 Å². The van der Waals surface area contributed by atoms with Crippen molar-refractivity contribution in [3.05, 3.63) is 75.0 Å². The zero-order chi connectivity index (χ0) is 20.0. The first-order valence-corrected chi connectivity index (χ1v) is 11.2. The molecule has 0 saturated carbocycles. The predicted molar refractivity (Wildman–Crippen MR) is 114 cm³/mol. The quantitative estimate of drug-likeness (QED) is 0.740. The molecule has 0 radical (unpaired) electrons. The van der Waals surface area contributed by atoms with Gasteiger partial charge in [-0.2, -0.15) is 0 Å². The van der Waals surface area contributed by atoms with Crippen molar-refractivity contribution in [2.45, 2.75) is 12.5 Å². The number of benzene rings is 2.